The second kappa shape index (κ2) is 6.21. The molecule has 2 aromatic heterocycles. The van der Waals surface area contributed by atoms with Gasteiger partial charge >= 0.3 is 0 Å². The zero-order valence-corrected chi connectivity index (χ0v) is 16.0. The molecule has 0 N–H and O–H groups in total. The average molecular weight is 364 g/mol. The molecule has 5 nitrogen and oxygen atoms in total. The van der Waals surface area contributed by atoms with Crippen LogP contribution in [0.2, 0.25) is 0 Å². The van der Waals surface area contributed by atoms with Crippen LogP contribution >= 0.6 is 11.3 Å². The van der Waals surface area contributed by atoms with Gasteiger partial charge in [-0.05, 0) is 23.1 Å². The smallest absolute Gasteiger partial charge is 0.235 e. The van der Waals surface area contributed by atoms with Gasteiger partial charge in [-0.25, -0.2) is 0 Å². The average Bonchev–Trinajstić information content (AvgIpc) is 3.21. The van der Waals surface area contributed by atoms with E-state index in [1.54, 1.807) is 11.6 Å². The monoisotopic (exact) mass is 364 g/mol. The Balaban J connectivity index is 1.77. The summed E-state index contributed by atoms with van der Waals surface area (Å²) in [5.41, 5.74) is 3.40. The lowest BCUT2D eigenvalue weighted by molar-refractivity contribution is 0.416. The molecular formula is C20H20N4OS. The van der Waals surface area contributed by atoms with Crippen LogP contribution in [0.1, 0.15) is 26.3 Å². The highest BCUT2D eigenvalue weighted by molar-refractivity contribution is 7.19. The minimum atomic E-state index is 0.136. The molecule has 0 atom stereocenters. The van der Waals surface area contributed by atoms with Gasteiger partial charge in [0.25, 0.3) is 0 Å². The maximum absolute atomic E-state index is 5.45. The van der Waals surface area contributed by atoms with E-state index in [0.717, 1.165) is 26.8 Å². The number of rotatable bonds is 3. The van der Waals surface area contributed by atoms with E-state index in [0.29, 0.717) is 5.82 Å². The van der Waals surface area contributed by atoms with E-state index in [2.05, 4.69) is 55.2 Å². The Kier molecular flexibility index (Phi) is 4.00. The third-order valence-corrected chi connectivity index (χ3v) is 5.28. The minimum Gasteiger partial charge on any atom is -0.496 e. The summed E-state index contributed by atoms with van der Waals surface area (Å²) < 4.78 is 7.24. The van der Waals surface area contributed by atoms with Gasteiger partial charge < -0.3 is 4.74 Å². The molecule has 0 radical (unpaired) electrons. The van der Waals surface area contributed by atoms with Crippen molar-refractivity contribution >= 4 is 16.3 Å². The standard InChI is InChI=1S/C20H20N4OS/c1-20(2,3)14-11-9-13(10-12-14)18-23-24-17(21-22-19(24)26-18)15-7-5-6-8-16(15)25-4/h5-12H,1-4H3. The Morgan fingerprint density at radius 3 is 2.38 bits per heavy atom. The lowest BCUT2D eigenvalue weighted by atomic mass is 9.87. The molecule has 2 aromatic carbocycles. The number of hydrogen-bond donors (Lipinski definition) is 0. The van der Waals surface area contributed by atoms with Gasteiger partial charge in [0.2, 0.25) is 4.96 Å². The number of nitrogens with zero attached hydrogens (tertiary/aromatic N) is 4. The molecular weight excluding hydrogens is 344 g/mol. The highest BCUT2D eigenvalue weighted by atomic mass is 32.1. The predicted molar refractivity (Wildman–Crippen MR) is 105 cm³/mol. The van der Waals surface area contributed by atoms with Crippen LogP contribution in [-0.4, -0.2) is 26.9 Å². The lowest BCUT2D eigenvalue weighted by Gasteiger charge is -2.18. The van der Waals surface area contributed by atoms with E-state index in [4.69, 9.17) is 9.84 Å². The molecule has 6 heteroatoms. The summed E-state index contributed by atoms with van der Waals surface area (Å²) in [5.74, 6) is 1.44. The van der Waals surface area contributed by atoms with E-state index in [1.165, 1.54) is 16.9 Å². The van der Waals surface area contributed by atoms with E-state index < -0.39 is 0 Å². The van der Waals surface area contributed by atoms with Gasteiger partial charge in [-0.2, -0.15) is 9.61 Å². The van der Waals surface area contributed by atoms with E-state index in [-0.39, 0.29) is 5.41 Å². The van der Waals surface area contributed by atoms with Crippen LogP contribution in [-0.2, 0) is 5.41 Å². The molecule has 0 saturated carbocycles. The van der Waals surface area contributed by atoms with Gasteiger partial charge in [-0.1, -0.05) is 68.5 Å². The fourth-order valence-electron chi connectivity index (χ4n) is 2.84. The molecule has 2 heterocycles. The fraction of sp³-hybridized carbons (Fsp3) is 0.250. The Morgan fingerprint density at radius 2 is 1.69 bits per heavy atom. The number of ether oxygens (including phenoxy) is 1. The molecule has 0 bridgehead atoms. The molecule has 0 aliphatic carbocycles. The molecule has 0 aliphatic heterocycles. The molecule has 0 amide bonds. The topological polar surface area (TPSA) is 52.3 Å². The zero-order chi connectivity index (χ0) is 18.3. The summed E-state index contributed by atoms with van der Waals surface area (Å²) in [5, 5.41) is 14.2. The summed E-state index contributed by atoms with van der Waals surface area (Å²) in [6, 6.07) is 16.3. The Morgan fingerprint density at radius 1 is 0.962 bits per heavy atom. The largest absolute Gasteiger partial charge is 0.496 e. The third kappa shape index (κ3) is 2.86. The second-order valence-electron chi connectivity index (χ2n) is 7.15. The number of benzene rings is 2. The molecule has 0 fully saturated rings. The van der Waals surface area contributed by atoms with Crippen molar-refractivity contribution in [2.75, 3.05) is 7.11 Å². The first-order chi connectivity index (χ1) is 12.5. The SMILES string of the molecule is COc1ccccc1-c1nnc2sc(-c3ccc(C(C)(C)C)cc3)nn12. The van der Waals surface area contributed by atoms with E-state index >= 15 is 0 Å². The number of hydrogen-bond acceptors (Lipinski definition) is 5. The highest BCUT2D eigenvalue weighted by Gasteiger charge is 2.18. The van der Waals surface area contributed by atoms with Gasteiger partial charge in [0, 0.05) is 5.56 Å². The number of fused-ring (bicyclic) bond motifs is 1. The van der Waals surface area contributed by atoms with Gasteiger partial charge in [0.05, 0.1) is 12.7 Å². The molecule has 4 aromatic rings. The van der Waals surface area contributed by atoms with Crippen LogP contribution in [0.3, 0.4) is 0 Å². The predicted octanol–water partition coefficient (Wildman–Crippen LogP) is 4.83. The number of para-hydroxylation sites is 1. The van der Waals surface area contributed by atoms with Crippen molar-refractivity contribution in [1.82, 2.24) is 19.8 Å². The van der Waals surface area contributed by atoms with Crippen LogP contribution in [0.15, 0.2) is 48.5 Å². The molecule has 0 aliphatic rings. The summed E-state index contributed by atoms with van der Waals surface area (Å²) in [4.78, 5) is 0.765. The van der Waals surface area contributed by atoms with Crippen LogP contribution in [0.25, 0.3) is 26.9 Å². The molecule has 4 rings (SSSR count). The van der Waals surface area contributed by atoms with Gasteiger partial charge in [0.1, 0.15) is 10.8 Å². The van der Waals surface area contributed by atoms with Crippen molar-refractivity contribution in [3.05, 3.63) is 54.1 Å². The maximum Gasteiger partial charge on any atom is 0.235 e. The van der Waals surface area contributed by atoms with Crippen molar-refractivity contribution in [3.8, 4) is 27.7 Å². The lowest BCUT2D eigenvalue weighted by Crippen LogP contribution is -2.10. The Hall–Kier alpha value is -2.73. The Labute approximate surface area is 156 Å². The molecule has 26 heavy (non-hydrogen) atoms. The second-order valence-corrected chi connectivity index (χ2v) is 8.11. The van der Waals surface area contributed by atoms with Crippen LogP contribution in [0.5, 0.6) is 5.75 Å². The highest BCUT2D eigenvalue weighted by Crippen LogP contribution is 2.32. The maximum atomic E-state index is 5.45. The van der Waals surface area contributed by atoms with E-state index in [9.17, 15) is 0 Å². The van der Waals surface area contributed by atoms with Gasteiger partial charge in [0.15, 0.2) is 5.82 Å². The molecule has 132 valence electrons. The van der Waals surface area contributed by atoms with Crippen LogP contribution in [0.4, 0.5) is 0 Å². The minimum absolute atomic E-state index is 0.136. The first-order valence-corrected chi connectivity index (χ1v) is 9.25. The summed E-state index contributed by atoms with van der Waals surface area (Å²) in [7, 11) is 1.65. The summed E-state index contributed by atoms with van der Waals surface area (Å²) in [6.07, 6.45) is 0. The molecule has 0 unspecified atom stereocenters. The van der Waals surface area contributed by atoms with Crippen LogP contribution < -0.4 is 4.74 Å². The van der Waals surface area contributed by atoms with Crippen molar-refractivity contribution < 1.29 is 4.74 Å². The quantitative estimate of drug-likeness (QED) is 0.523. The summed E-state index contributed by atoms with van der Waals surface area (Å²) in [6.45, 7) is 6.64. The number of aromatic nitrogens is 4. The van der Waals surface area contributed by atoms with Crippen molar-refractivity contribution in [1.29, 1.82) is 0 Å². The Bertz CT molecular complexity index is 1060. The first kappa shape index (κ1) is 16.7. The number of methoxy groups -OCH3 is 1. The van der Waals surface area contributed by atoms with Crippen molar-refractivity contribution in [2.24, 2.45) is 0 Å². The zero-order valence-electron chi connectivity index (χ0n) is 15.2. The summed E-state index contributed by atoms with van der Waals surface area (Å²) >= 11 is 1.53. The van der Waals surface area contributed by atoms with E-state index in [1.807, 2.05) is 24.3 Å². The van der Waals surface area contributed by atoms with Crippen molar-refractivity contribution in [3.63, 3.8) is 0 Å². The van der Waals surface area contributed by atoms with Crippen LogP contribution in [0, 0.1) is 0 Å². The third-order valence-electron chi connectivity index (χ3n) is 4.34. The molecule has 0 spiro atoms. The fourth-order valence-corrected chi connectivity index (χ4v) is 3.69. The first-order valence-electron chi connectivity index (χ1n) is 8.44. The van der Waals surface area contributed by atoms with Gasteiger partial charge in [-0.3, -0.25) is 0 Å². The van der Waals surface area contributed by atoms with Gasteiger partial charge in [-0.15, -0.1) is 10.2 Å². The normalized spacial score (nSPS) is 11.8. The van der Waals surface area contributed by atoms with Crippen molar-refractivity contribution in [2.45, 2.75) is 26.2 Å². The molecule has 0 saturated heterocycles.